The quantitative estimate of drug-likeness (QED) is 0.594. The Bertz CT molecular complexity index is 928. The molecule has 0 bridgehead atoms. The normalized spacial score (nSPS) is 11.7. The molecule has 0 fully saturated rings. The zero-order valence-corrected chi connectivity index (χ0v) is 15.4. The molecule has 142 valence electrons. The number of carbonyl (C=O) groups is 3. The van der Waals surface area contributed by atoms with Crippen LogP contribution in [0.3, 0.4) is 0 Å². The molecule has 0 radical (unpaired) electrons. The third-order valence-electron chi connectivity index (χ3n) is 3.58. The molecule has 28 heavy (non-hydrogen) atoms. The first-order valence-electron chi connectivity index (χ1n) is 8.45. The largest absolute Gasteiger partial charge is 0.448 e. The summed E-state index contributed by atoms with van der Waals surface area (Å²) >= 11 is 0. The molecular weight excluding hydrogens is 358 g/mol. The first-order valence-corrected chi connectivity index (χ1v) is 8.45. The van der Waals surface area contributed by atoms with Crippen LogP contribution < -0.4 is 10.6 Å². The van der Waals surface area contributed by atoms with E-state index in [0.717, 1.165) is 0 Å². The lowest BCUT2D eigenvalue weighted by Crippen LogP contribution is -2.33. The maximum absolute atomic E-state index is 12.4. The molecule has 0 aromatic heterocycles. The number of hydrogen-bond acceptors (Lipinski definition) is 5. The van der Waals surface area contributed by atoms with Crippen LogP contribution in [-0.4, -0.2) is 23.9 Å². The molecule has 7 heteroatoms. The van der Waals surface area contributed by atoms with Crippen molar-refractivity contribution in [3.63, 3.8) is 0 Å². The monoisotopic (exact) mass is 377 g/mol. The predicted octanol–water partition coefficient (Wildman–Crippen LogP) is 2.61. The van der Waals surface area contributed by atoms with Crippen molar-refractivity contribution in [3.05, 3.63) is 71.4 Å². The van der Waals surface area contributed by atoms with E-state index in [1.165, 1.54) is 19.9 Å². The number of anilines is 1. The standard InChI is InChI=1S/C21H19N3O4/c1-14(20(26)24-18-10-8-17(13-22)9-11-18)28-21(27)19(23-15(2)25)12-16-6-4-3-5-7-16/h3-12,14H,1-2H3,(H,23,25)(H,24,26)/b19-12-/t14-/m1/s1. The van der Waals surface area contributed by atoms with Crippen molar-refractivity contribution >= 4 is 29.5 Å². The first kappa shape index (κ1) is 20.4. The van der Waals surface area contributed by atoms with Crippen LogP contribution in [0.25, 0.3) is 6.08 Å². The van der Waals surface area contributed by atoms with Crippen LogP contribution in [0.2, 0.25) is 0 Å². The SMILES string of the molecule is CC(=O)N/C(=C\c1ccccc1)C(=O)O[C@H](C)C(=O)Nc1ccc(C#N)cc1. The fraction of sp³-hybridized carbons (Fsp3) is 0.143. The average Bonchev–Trinajstić information content (AvgIpc) is 2.68. The second-order valence-corrected chi connectivity index (χ2v) is 5.88. The molecule has 2 amide bonds. The molecule has 2 rings (SSSR count). The highest BCUT2D eigenvalue weighted by molar-refractivity contribution is 6.00. The van der Waals surface area contributed by atoms with Crippen LogP contribution in [0.5, 0.6) is 0 Å². The fourth-order valence-corrected chi connectivity index (χ4v) is 2.20. The number of esters is 1. The van der Waals surface area contributed by atoms with Gasteiger partial charge >= 0.3 is 5.97 Å². The third kappa shape index (κ3) is 6.11. The van der Waals surface area contributed by atoms with E-state index in [2.05, 4.69) is 10.6 Å². The molecule has 7 nitrogen and oxygen atoms in total. The highest BCUT2D eigenvalue weighted by Gasteiger charge is 2.21. The maximum Gasteiger partial charge on any atom is 0.355 e. The van der Waals surface area contributed by atoms with Gasteiger partial charge in [-0.15, -0.1) is 0 Å². The van der Waals surface area contributed by atoms with Crippen molar-refractivity contribution in [1.29, 1.82) is 5.26 Å². The summed E-state index contributed by atoms with van der Waals surface area (Å²) in [5.74, 6) is -1.81. The van der Waals surface area contributed by atoms with Crippen LogP contribution in [0, 0.1) is 11.3 Å². The van der Waals surface area contributed by atoms with E-state index in [4.69, 9.17) is 10.00 Å². The Hall–Kier alpha value is -3.92. The Morgan fingerprint density at radius 1 is 1.07 bits per heavy atom. The number of hydrogen-bond donors (Lipinski definition) is 2. The molecule has 0 aliphatic heterocycles. The van der Waals surface area contributed by atoms with E-state index >= 15 is 0 Å². The van der Waals surface area contributed by atoms with E-state index in [-0.39, 0.29) is 5.70 Å². The summed E-state index contributed by atoms with van der Waals surface area (Å²) in [6.07, 6.45) is 0.366. The van der Waals surface area contributed by atoms with E-state index in [9.17, 15) is 14.4 Å². The minimum atomic E-state index is -1.10. The van der Waals surface area contributed by atoms with Crippen molar-refractivity contribution < 1.29 is 19.1 Å². The minimum Gasteiger partial charge on any atom is -0.448 e. The number of ether oxygens (including phenoxy) is 1. The van der Waals surface area contributed by atoms with E-state index in [0.29, 0.717) is 16.8 Å². The summed E-state index contributed by atoms with van der Waals surface area (Å²) in [5, 5.41) is 13.8. The molecule has 2 aromatic rings. The minimum absolute atomic E-state index is 0.0725. The molecule has 0 saturated carbocycles. The van der Waals surface area contributed by atoms with E-state index in [1.807, 2.05) is 12.1 Å². The number of nitriles is 1. The highest BCUT2D eigenvalue weighted by atomic mass is 16.5. The second-order valence-electron chi connectivity index (χ2n) is 5.88. The smallest absolute Gasteiger partial charge is 0.355 e. The Labute approximate surface area is 162 Å². The molecule has 0 saturated heterocycles. The molecule has 1 atom stereocenters. The van der Waals surface area contributed by atoms with E-state index < -0.39 is 23.9 Å². The summed E-state index contributed by atoms with van der Waals surface area (Å²) < 4.78 is 5.18. The summed E-state index contributed by atoms with van der Waals surface area (Å²) in [7, 11) is 0. The summed E-state index contributed by atoms with van der Waals surface area (Å²) in [6, 6.07) is 17.2. The Balaban J connectivity index is 2.06. The zero-order valence-electron chi connectivity index (χ0n) is 15.4. The lowest BCUT2D eigenvalue weighted by Gasteiger charge is -2.15. The Morgan fingerprint density at radius 3 is 2.29 bits per heavy atom. The molecule has 2 N–H and O–H groups in total. The van der Waals surface area contributed by atoms with Gasteiger partial charge in [-0.25, -0.2) is 4.79 Å². The molecular formula is C21H19N3O4. The van der Waals surface area contributed by atoms with Gasteiger partial charge in [-0.1, -0.05) is 30.3 Å². The van der Waals surface area contributed by atoms with Gasteiger partial charge in [0.1, 0.15) is 5.70 Å². The van der Waals surface area contributed by atoms with Crippen LogP contribution in [0.1, 0.15) is 25.0 Å². The number of benzene rings is 2. The van der Waals surface area contributed by atoms with Gasteiger partial charge in [0.05, 0.1) is 11.6 Å². The molecule has 2 aromatic carbocycles. The lowest BCUT2D eigenvalue weighted by atomic mass is 10.2. The predicted molar refractivity (Wildman–Crippen MR) is 104 cm³/mol. The number of nitrogens with one attached hydrogen (secondary N) is 2. The van der Waals surface area contributed by atoms with E-state index in [1.54, 1.807) is 48.5 Å². The third-order valence-corrected chi connectivity index (χ3v) is 3.58. The average molecular weight is 377 g/mol. The van der Waals surface area contributed by atoms with Gasteiger partial charge in [0, 0.05) is 12.6 Å². The van der Waals surface area contributed by atoms with Crippen molar-refractivity contribution in [1.82, 2.24) is 5.32 Å². The maximum atomic E-state index is 12.4. The lowest BCUT2D eigenvalue weighted by molar-refractivity contribution is -0.149. The van der Waals surface area contributed by atoms with Crippen molar-refractivity contribution in [2.45, 2.75) is 20.0 Å². The van der Waals surface area contributed by atoms with Gasteiger partial charge in [-0.2, -0.15) is 5.26 Å². The van der Waals surface area contributed by atoms with Crippen molar-refractivity contribution in [2.24, 2.45) is 0 Å². The number of nitrogens with zero attached hydrogens (tertiary/aromatic N) is 1. The van der Waals surface area contributed by atoms with Gasteiger partial charge in [0.25, 0.3) is 5.91 Å². The van der Waals surface area contributed by atoms with Gasteiger partial charge in [-0.05, 0) is 42.8 Å². The Kier molecular flexibility index (Phi) is 7.06. The van der Waals surface area contributed by atoms with Gasteiger partial charge < -0.3 is 15.4 Å². The summed E-state index contributed by atoms with van der Waals surface area (Å²) in [6.45, 7) is 2.69. The van der Waals surface area contributed by atoms with Crippen molar-refractivity contribution in [3.8, 4) is 6.07 Å². The number of carbonyl (C=O) groups excluding carboxylic acids is 3. The van der Waals surface area contributed by atoms with Crippen LogP contribution in [0.4, 0.5) is 5.69 Å². The summed E-state index contributed by atoms with van der Waals surface area (Å²) in [4.78, 5) is 36.1. The zero-order chi connectivity index (χ0) is 20.5. The summed E-state index contributed by atoms with van der Waals surface area (Å²) in [5.41, 5.74) is 1.55. The van der Waals surface area contributed by atoms with Crippen molar-refractivity contribution in [2.75, 3.05) is 5.32 Å². The molecule has 0 aliphatic rings. The molecule has 0 unspecified atom stereocenters. The number of amides is 2. The van der Waals surface area contributed by atoms with Crippen LogP contribution >= 0.6 is 0 Å². The topological polar surface area (TPSA) is 108 Å². The second kappa shape index (κ2) is 9.69. The fourth-order valence-electron chi connectivity index (χ4n) is 2.20. The Morgan fingerprint density at radius 2 is 1.71 bits per heavy atom. The van der Waals surface area contributed by atoms with Crippen LogP contribution in [-0.2, 0) is 19.1 Å². The molecule has 0 spiro atoms. The van der Waals surface area contributed by atoms with Gasteiger partial charge in [0.15, 0.2) is 6.10 Å². The first-order chi connectivity index (χ1) is 13.4. The van der Waals surface area contributed by atoms with Crippen LogP contribution in [0.15, 0.2) is 60.3 Å². The van der Waals surface area contributed by atoms with Gasteiger partial charge in [0.2, 0.25) is 5.91 Å². The highest BCUT2D eigenvalue weighted by Crippen LogP contribution is 2.11. The van der Waals surface area contributed by atoms with Gasteiger partial charge in [-0.3, -0.25) is 9.59 Å². The number of rotatable bonds is 6. The molecule has 0 heterocycles. The molecule has 0 aliphatic carbocycles.